The van der Waals surface area contributed by atoms with Gasteiger partial charge in [-0.2, -0.15) is 0 Å². The monoisotopic (exact) mass is 273 g/mol. The molecule has 0 saturated carbocycles. The Balaban J connectivity index is 1.83. The van der Waals surface area contributed by atoms with Crippen LogP contribution in [0, 0.1) is 5.82 Å². The Morgan fingerprint density at radius 3 is 2.50 bits per heavy atom. The van der Waals surface area contributed by atoms with E-state index in [-0.39, 0.29) is 18.1 Å². The van der Waals surface area contributed by atoms with Gasteiger partial charge in [-0.3, -0.25) is 14.6 Å². The van der Waals surface area contributed by atoms with Gasteiger partial charge in [0.1, 0.15) is 11.5 Å². The standard InChI is InChI=1S/C14H12FN3O2/c15-10-4-6-11(7-5-10)18-13(19)9-17-14(20)12-3-1-2-8-16-12/h1-8H,9H2,(H,17,20)(H,18,19). The molecule has 1 aromatic heterocycles. The lowest BCUT2D eigenvalue weighted by atomic mass is 10.3. The smallest absolute Gasteiger partial charge is 0.270 e. The number of benzene rings is 1. The first-order valence-corrected chi connectivity index (χ1v) is 5.90. The first-order chi connectivity index (χ1) is 9.65. The van der Waals surface area contributed by atoms with Crippen LogP contribution in [-0.4, -0.2) is 23.3 Å². The summed E-state index contributed by atoms with van der Waals surface area (Å²) in [6.07, 6.45) is 1.49. The average Bonchev–Trinajstić information content (AvgIpc) is 2.48. The zero-order valence-corrected chi connectivity index (χ0v) is 10.5. The van der Waals surface area contributed by atoms with Crippen molar-refractivity contribution in [2.45, 2.75) is 0 Å². The molecule has 0 fully saturated rings. The number of hydrogen-bond donors (Lipinski definition) is 2. The van der Waals surface area contributed by atoms with E-state index in [1.54, 1.807) is 18.2 Å². The highest BCUT2D eigenvalue weighted by Crippen LogP contribution is 2.07. The number of nitrogens with one attached hydrogen (secondary N) is 2. The van der Waals surface area contributed by atoms with Gasteiger partial charge in [0.2, 0.25) is 5.91 Å². The molecule has 0 unspecified atom stereocenters. The average molecular weight is 273 g/mol. The van der Waals surface area contributed by atoms with Crippen LogP contribution in [0.15, 0.2) is 48.7 Å². The van der Waals surface area contributed by atoms with Gasteiger partial charge in [0.25, 0.3) is 5.91 Å². The van der Waals surface area contributed by atoms with Crippen molar-refractivity contribution in [3.8, 4) is 0 Å². The molecule has 0 spiro atoms. The van der Waals surface area contributed by atoms with Crippen LogP contribution in [0.5, 0.6) is 0 Å². The molecule has 20 heavy (non-hydrogen) atoms. The van der Waals surface area contributed by atoms with E-state index >= 15 is 0 Å². The van der Waals surface area contributed by atoms with Crippen molar-refractivity contribution in [2.75, 3.05) is 11.9 Å². The van der Waals surface area contributed by atoms with E-state index in [0.717, 1.165) is 0 Å². The van der Waals surface area contributed by atoms with Gasteiger partial charge in [0, 0.05) is 11.9 Å². The van der Waals surface area contributed by atoms with Crippen molar-refractivity contribution in [3.05, 3.63) is 60.2 Å². The van der Waals surface area contributed by atoms with E-state index in [4.69, 9.17) is 0 Å². The molecule has 102 valence electrons. The predicted octanol–water partition coefficient (Wildman–Crippen LogP) is 1.59. The number of carbonyl (C=O) groups is 2. The summed E-state index contributed by atoms with van der Waals surface area (Å²) in [6.45, 7) is -0.188. The molecule has 0 aliphatic carbocycles. The number of pyridine rings is 1. The minimum absolute atomic E-state index is 0.188. The molecule has 1 aromatic carbocycles. The zero-order valence-electron chi connectivity index (χ0n) is 10.5. The summed E-state index contributed by atoms with van der Waals surface area (Å²) in [4.78, 5) is 27.1. The fourth-order valence-electron chi connectivity index (χ4n) is 1.49. The topological polar surface area (TPSA) is 71.1 Å². The van der Waals surface area contributed by atoms with Gasteiger partial charge < -0.3 is 10.6 Å². The second-order valence-electron chi connectivity index (χ2n) is 3.95. The Kier molecular flexibility index (Phi) is 4.39. The molecule has 2 rings (SSSR count). The Bertz CT molecular complexity index is 600. The Morgan fingerprint density at radius 2 is 1.85 bits per heavy atom. The van der Waals surface area contributed by atoms with E-state index in [2.05, 4.69) is 15.6 Å². The first-order valence-electron chi connectivity index (χ1n) is 5.90. The molecule has 2 amide bonds. The van der Waals surface area contributed by atoms with Crippen molar-refractivity contribution in [1.29, 1.82) is 0 Å². The highest BCUT2D eigenvalue weighted by atomic mass is 19.1. The third-order valence-electron chi connectivity index (χ3n) is 2.44. The Hall–Kier alpha value is -2.76. The van der Waals surface area contributed by atoms with Gasteiger partial charge in [0.05, 0.1) is 6.54 Å². The van der Waals surface area contributed by atoms with Crippen LogP contribution in [0.2, 0.25) is 0 Å². The number of anilines is 1. The SMILES string of the molecule is O=C(CNC(=O)c1ccccn1)Nc1ccc(F)cc1. The third-order valence-corrected chi connectivity index (χ3v) is 2.44. The maximum absolute atomic E-state index is 12.7. The second kappa shape index (κ2) is 6.42. The maximum atomic E-state index is 12.7. The normalized spacial score (nSPS) is 9.85. The van der Waals surface area contributed by atoms with E-state index in [0.29, 0.717) is 5.69 Å². The molecular formula is C14H12FN3O2. The fraction of sp³-hybridized carbons (Fsp3) is 0.0714. The molecule has 0 radical (unpaired) electrons. The minimum Gasteiger partial charge on any atom is -0.342 e. The molecule has 0 bridgehead atoms. The highest BCUT2D eigenvalue weighted by molar-refractivity contribution is 5.98. The van der Waals surface area contributed by atoms with E-state index in [1.165, 1.54) is 30.5 Å². The zero-order chi connectivity index (χ0) is 14.4. The van der Waals surface area contributed by atoms with Gasteiger partial charge in [-0.15, -0.1) is 0 Å². The first kappa shape index (κ1) is 13.7. The second-order valence-corrected chi connectivity index (χ2v) is 3.95. The minimum atomic E-state index is -0.431. The summed E-state index contributed by atoms with van der Waals surface area (Å²) in [5.41, 5.74) is 0.700. The van der Waals surface area contributed by atoms with Crippen LogP contribution in [-0.2, 0) is 4.79 Å². The highest BCUT2D eigenvalue weighted by Gasteiger charge is 2.08. The van der Waals surface area contributed by atoms with Gasteiger partial charge in [-0.25, -0.2) is 4.39 Å². The molecule has 2 aromatic rings. The van der Waals surface area contributed by atoms with E-state index in [9.17, 15) is 14.0 Å². The third kappa shape index (κ3) is 3.88. The van der Waals surface area contributed by atoms with Crippen LogP contribution in [0.4, 0.5) is 10.1 Å². The number of amides is 2. The van der Waals surface area contributed by atoms with Crippen molar-refractivity contribution < 1.29 is 14.0 Å². The number of carbonyl (C=O) groups excluding carboxylic acids is 2. The van der Waals surface area contributed by atoms with Crippen molar-refractivity contribution in [2.24, 2.45) is 0 Å². The molecule has 0 saturated heterocycles. The molecule has 6 heteroatoms. The number of nitrogens with zero attached hydrogens (tertiary/aromatic N) is 1. The van der Waals surface area contributed by atoms with Crippen LogP contribution in [0.25, 0.3) is 0 Å². The molecule has 1 heterocycles. The van der Waals surface area contributed by atoms with Crippen LogP contribution in [0.1, 0.15) is 10.5 Å². The molecule has 0 aliphatic heterocycles. The lowest BCUT2D eigenvalue weighted by Crippen LogP contribution is -2.33. The van der Waals surface area contributed by atoms with Gasteiger partial charge in [0.15, 0.2) is 0 Å². The number of halogens is 1. The van der Waals surface area contributed by atoms with Gasteiger partial charge in [-0.05, 0) is 36.4 Å². The Morgan fingerprint density at radius 1 is 1.10 bits per heavy atom. The number of hydrogen-bond acceptors (Lipinski definition) is 3. The molecule has 2 N–H and O–H groups in total. The lowest BCUT2D eigenvalue weighted by molar-refractivity contribution is -0.115. The largest absolute Gasteiger partial charge is 0.342 e. The summed E-state index contributed by atoms with van der Waals surface area (Å²) in [6, 6.07) is 10.3. The van der Waals surface area contributed by atoms with Crippen LogP contribution < -0.4 is 10.6 Å². The predicted molar refractivity (Wildman–Crippen MR) is 71.6 cm³/mol. The lowest BCUT2D eigenvalue weighted by Gasteiger charge is -2.06. The maximum Gasteiger partial charge on any atom is 0.270 e. The van der Waals surface area contributed by atoms with Crippen molar-refractivity contribution >= 4 is 17.5 Å². The molecule has 5 nitrogen and oxygen atoms in total. The summed E-state index contributed by atoms with van der Waals surface area (Å²) in [5.74, 6) is -1.22. The molecule has 0 aliphatic rings. The van der Waals surface area contributed by atoms with Crippen LogP contribution in [0.3, 0.4) is 0 Å². The summed E-state index contributed by atoms with van der Waals surface area (Å²) >= 11 is 0. The van der Waals surface area contributed by atoms with Crippen molar-refractivity contribution in [3.63, 3.8) is 0 Å². The van der Waals surface area contributed by atoms with E-state index in [1.807, 2.05) is 0 Å². The number of rotatable bonds is 4. The van der Waals surface area contributed by atoms with Crippen LogP contribution >= 0.6 is 0 Å². The molecular weight excluding hydrogens is 261 g/mol. The van der Waals surface area contributed by atoms with E-state index < -0.39 is 11.8 Å². The number of aromatic nitrogens is 1. The Labute approximate surface area is 114 Å². The summed E-state index contributed by atoms with van der Waals surface area (Å²) in [7, 11) is 0. The summed E-state index contributed by atoms with van der Waals surface area (Å²) in [5, 5.41) is 4.98. The fourth-order valence-corrected chi connectivity index (χ4v) is 1.49. The summed E-state index contributed by atoms with van der Waals surface area (Å²) < 4.78 is 12.7. The van der Waals surface area contributed by atoms with Gasteiger partial charge >= 0.3 is 0 Å². The quantitative estimate of drug-likeness (QED) is 0.888. The van der Waals surface area contributed by atoms with Gasteiger partial charge in [-0.1, -0.05) is 6.07 Å². The molecule has 0 atom stereocenters. The van der Waals surface area contributed by atoms with Crippen molar-refractivity contribution in [1.82, 2.24) is 10.3 Å².